The lowest BCUT2D eigenvalue weighted by atomic mass is 9.93. The smallest absolute Gasteiger partial charge is 0.255 e. The molecule has 3 aliphatic heterocycles. The molecule has 38 heavy (non-hydrogen) atoms. The van der Waals surface area contributed by atoms with Gasteiger partial charge in [-0.1, -0.05) is 6.07 Å². The highest BCUT2D eigenvalue weighted by molar-refractivity contribution is 6.06. The van der Waals surface area contributed by atoms with Crippen molar-refractivity contribution in [3.8, 4) is 5.75 Å². The Balaban J connectivity index is 1.17. The molecule has 1 unspecified atom stereocenters. The maximum Gasteiger partial charge on any atom is 0.255 e. The maximum absolute atomic E-state index is 14.1. The molecule has 2 aromatic rings. The molecule has 0 aromatic heterocycles. The Morgan fingerprint density at radius 2 is 1.84 bits per heavy atom. The molecule has 4 amide bonds. The van der Waals surface area contributed by atoms with E-state index in [-0.39, 0.29) is 30.6 Å². The van der Waals surface area contributed by atoms with Crippen molar-refractivity contribution in [2.45, 2.75) is 44.7 Å². The number of ether oxygens (including phenoxy) is 1. The first-order valence-corrected chi connectivity index (χ1v) is 12.7. The summed E-state index contributed by atoms with van der Waals surface area (Å²) in [5, 5.41) is 2.33. The molecule has 2 aromatic carbocycles. The molecule has 0 aliphatic carbocycles. The number of primary amides is 1. The van der Waals surface area contributed by atoms with Gasteiger partial charge in [-0.3, -0.25) is 24.5 Å². The number of carbonyl (C=O) groups excluding carboxylic acids is 4. The number of nitrogens with zero attached hydrogens (tertiary/aromatic N) is 2. The molecule has 3 aliphatic rings. The zero-order valence-corrected chi connectivity index (χ0v) is 20.7. The fraction of sp³-hybridized carbons (Fsp3) is 0.407. The molecular weight excluding hydrogens is 498 g/mol. The van der Waals surface area contributed by atoms with E-state index >= 15 is 0 Å². The number of hydrogen-bond donors (Lipinski definition) is 2. The normalized spacial score (nSPS) is 19.9. The summed E-state index contributed by atoms with van der Waals surface area (Å²) in [6, 6.07) is 6.53. The summed E-state index contributed by atoms with van der Waals surface area (Å²) in [6.45, 7) is 2.03. The largest absolute Gasteiger partial charge is 0.490 e. The van der Waals surface area contributed by atoms with Crippen molar-refractivity contribution in [2.75, 3.05) is 24.6 Å². The van der Waals surface area contributed by atoms with E-state index in [9.17, 15) is 28.0 Å². The SMILES string of the molecule is NC(=O)c1cc(F)c(OCCC2CCN(c3cccc4c3CN(C3CCC(=O)NC3=O)C4=O)CC2)cc1F. The monoisotopic (exact) mass is 526 g/mol. The van der Waals surface area contributed by atoms with Crippen molar-refractivity contribution in [3.63, 3.8) is 0 Å². The molecule has 200 valence electrons. The summed E-state index contributed by atoms with van der Waals surface area (Å²) < 4.78 is 33.5. The predicted octanol–water partition coefficient (Wildman–Crippen LogP) is 2.51. The fourth-order valence-corrected chi connectivity index (χ4v) is 5.49. The van der Waals surface area contributed by atoms with Crippen LogP contribution < -0.4 is 20.7 Å². The number of nitrogens with one attached hydrogen (secondary N) is 1. The summed E-state index contributed by atoms with van der Waals surface area (Å²) in [4.78, 5) is 51.9. The summed E-state index contributed by atoms with van der Waals surface area (Å²) in [5.41, 5.74) is 6.96. The second-order valence-electron chi connectivity index (χ2n) is 9.90. The van der Waals surface area contributed by atoms with E-state index in [4.69, 9.17) is 10.5 Å². The van der Waals surface area contributed by atoms with Gasteiger partial charge in [-0.05, 0) is 49.8 Å². The standard InChI is InChI=1S/C27H28F2N4O5/c28-19-13-23(20(29)12-17(19)25(30)35)38-11-8-15-6-9-32(10-7-15)21-3-1-2-16-18(21)14-33(27(16)37)22-4-5-24(34)31-26(22)36/h1-3,12-13,15,22H,4-11,14H2,(H2,30,35)(H,31,34,36). The maximum atomic E-state index is 14.1. The van der Waals surface area contributed by atoms with Gasteiger partial charge in [0.05, 0.1) is 12.2 Å². The van der Waals surface area contributed by atoms with Gasteiger partial charge in [0.25, 0.3) is 11.8 Å². The summed E-state index contributed by atoms with van der Waals surface area (Å²) >= 11 is 0. The Bertz CT molecular complexity index is 1310. The lowest BCUT2D eigenvalue weighted by molar-refractivity contribution is -0.136. The molecular formula is C27H28F2N4O5. The molecule has 3 N–H and O–H groups in total. The molecule has 2 fully saturated rings. The number of carbonyl (C=O) groups is 4. The molecule has 0 saturated carbocycles. The molecule has 2 saturated heterocycles. The first-order chi connectivity index (χ1) is 18.2. The van der Waals surface area contributed by atoms with Gasteiger partial charge in [-0.2, -0.15) is 0 Å². The van der Waals surface area contributed by atoms with E-state index in [0.717, 1.165) is 49.3 Å². The molecule has 0 spiro atoms. The van der Waals surface area contributed by atoms with Gasteiger partial charge in [-0.15, -0.1) is 0 Å². The highest BCUT2D eigenvalue weighted by Crippen LogP contribution is 2.36. The second kappa shape index (κ2) is 10.4. The first kappa shape index (κ1) is 25.6. The Labute approximate surface area is 217 Å². The van der Waals surface area contributed by atoms with Gasteiger partial charge >= 0.3 is 0 Å². The zero-order valence-electron chi connectivity index (χ0n) is 20.7. The van der Waals surface area contributed by atoms with Crippen molar-refractivity contribution in [1.29, 1.82) is 0 Å². The van der Waals surface area contributed by atoms with Crippen LogP contribution in [0.25, 0.3) is 0 Å². The van der Waals surface area contributed by atoms with Crippen molar-refractivity contribution in [1.82, 2.24) is 10.2 Å². The van der Waals surface area contributed by atoms with Crippen LogP contribution in [0.3, 0.4) is 0 Å². The third kappa shape index (κ3) is 4.92. The predicted molar refractivity (Wildman–Crippen MR) is 132 cm³/mol. The van der Waals surface area contributed by atoms with Crippen LogP contribution in [0.2, 0.25) is 0 Å². The van der Waals surface area contributed by atoms with E-state index in [0.29, 0.717) is 30.9 Å². The fourth-order valence-electron chi connectivity index (χ4n) is 5.49. The Morgan fingerprint density at radius 1 is 1.08 bits per heavy atom. The number of piperidine rings is 2. The lowest BCUT2D eigenvalue weighted by Crippen LogP contribution is -2.52. The van der Waals surface area contributed by atoms with Crippen molar-refractivity contribution in [3.05, 3.63) is 58.7 Å². The molecule has 0 radical (unpaired) electrons. The van der Waals surface area contributed by atoms with Crippen LogP contribution in [0, 0.1) is 17.6 Å². The van der Waals surface area contributed by atoms with Gasteiger partial charge in [0, 0.05) is 48.9 Å². The molecule has 5 rings (SSSR count). The quantitative estimate of drug-likeness (QED) is 0.535. The molecule has 11 heteroatoms. The molecule has 9 nitrogen and oxygen atoms in total. The number of benzene rings is 2. The van der Waals surface area contributed by atoms with E-state index in [1.165, 1.54) is 0 Å². The van der Waals surface area contributed by atoms with E-state index in [2.05, 4.69) is 10.2 Å². The molecule has 1 atom stereocenters. The minimum atomic E-state index is -1.04. The average molecular weight is 527 g/mol. The second-order valence-corrected chi connectivity index (χ2v) is 9.90. The summed E-state index contributed by atoms with van der Waals surface area (Å²) in [6.07, 6.45) is 2.89. The zero-order chi connectivity index (χ0) is 27.0. The van der Waals surface area contributed by atoms with Crippen molar-refractivity contribution >= 4 is 29.3 Å². The minimum absolute atomic E-state index is 0.198. The Morgan fingerprint density at radius 3 is 2.55 bits per heavy atom. The lowest BCUT2D eigenvalue weighted by Gasteiger charge is -2.35. The first-order valence-electron chi connectivity index (χ1n) is 12.7. The topological polar surface area (TPSA) is 122 Å². The van der Waals surface area contributed by atoms with Crippen LogP contribution >= 0.6 is 0 Å². The number of anilines is 1. The third-order valence-electron chi connectivity index (χ3n) is 7.58. The third-order valence-corrected chi connectivity index (χ3v) is 7.58. The highest BCUT2D eigenvalue weighted by atomic mass is 19.1. The number of hydrogen-bond acceptors (Lipinski definition) is 6. The van der Waals surface area contributed by atoms with Gasteiger partial charge in [0.1, 0.15) is 11.9 Å². The minimum Gasteiger partial charge on any atom is -0.490 e. The van der Waals surface area contributed by atoms with Crippen LogP contribution in [0.15, 0.2) is 30.3 Å². The Hall–Kier alpha value is -4.02. The van der Waals surface area contributed by atoms with E-state index in [1.54, 1.807) is 11.0 Å². The number of imide groups is 1. The van der Waals surface area contributed by atoms with Crippen LogP contribution in [0.5, 0.6) is 5.75 Å². The number of halogens is 2. The van der Waals surface area contributed by atoms with Gasteiger partial charge < -0.3 is 20.3 Å². The van der Waals surface area contributed by atoms with Crippen molar-refractivity contribution < 1.29 is 32.7 Å². The van der Waals surface area contributed by atoms with Crippen LogP contribution in [0.1, 0.15) is 58.4 Å². The number of fused-ring (bicyclic) bond motifs is 1. The van der Waals surface area contributed by atoms with Gasteiger partial charge in [0.2, 0.25) is 11.8 Å². The van der Waals surface area contributed by atoms with Gasteiger partial charge in [0.15, 0.2) is 11.6 Å². The van der Waals surface area contributed by atoms with E-state index in [1.807, 2.05) is 12.1 Å². The van der Waals surface area contributed by atoms with Crippen molar-refractivity contribution in [2.24, 2.45) is 11.7 Å². The summed E-state index contributed by atoms with van der Waals surface area (Å²) in [7, 11) is 0. The van der Waals surface area contributed by atoms with E-state index < -0.39 is 35.1 Å². The number of amides is 4. The summed E-state index contributed by atoms with van der Waals surface area (Å²) in [5.74, 6) is -3.69. The highest BCUT2D eigenvalue weighted by Gasteiger charge is 2.40. The van der Waals surface area contributed by atoms with Crippen LogP contribution in [0.4, 0.5) is 14.5 Å². The molecule has 0 bridgehead atoms. The number of rotatable bonds is 7. The average Bonchev–Trinajstić information content (AvgIpc) is 3.22. The van der Waals surface area contributed by atoms with Gasteiger partial charge in [-0.25, -0.2) is 8.78 Å². The Kier molecular flexibility index (Phi) is 7.00. The van der Waals surface area contributed by atoms with Crippen LogP contribution in [-0.4, -0.2) is 54.3 Å². The van der Waals surface area contributed by atoms with Crippen LogP contribution in [-0.2, 0) is 16.1 Å². The number of nitrogens with two attached hydrogens (primary N) is 1. The molecule has 3 heterocycles.